The quantitative estimate of drug-likeness (QED) is 0.623. The lowest BCUT2D eigenvalue weighted by Gasteiger charge is -2.32. The number of nitrogens with zero attached hydrogens (tertiary/aromatic N) is 1. The molecule has 3 aromatic rings. The number of ether oxygens (including phenoxy) is 1. The van der Waals surface area contributed by atoms with Crippen molar-refractivity contribution in [2.45, 2.75) is 23.1 Å². The van der Waals surface area contributed by atoms with Gasteiger partial charge >= 0.3 is 0 Å². The topological polar surface area (TPSA) is 75.7 Å². The maximum Gasteiger partial charge on any atom is 0.253 e. The Kier molecular flexibility index (Phi) is 6.17. The van der Waals surface area contributed by atoms with Crippen molar-refractivity contribution in [3.8, 4) is 11.5 Å². The normalized spacial score (nSPS) is 15.1. The van der Waals surface area contributed by atoms with E-state index >= 15 is 0 Å². The number of rotatable bonds is 6. The van der Waals surface area contributed by atoms with E-state index in [1.165, 1.54) is 11.3 Å². The highest BCUT2D eigenvalue weighted by molar-refractivity contribution is 7.91. The molecular weight excluding hydrogens is 420 g/mol. The van der Waals surface area contributed by atoms with Gasteiger partial charge < -0.3 is 9.64 Å². The molecule has 6 nitrogen and oxygen atoms in total. The van der Waals surface area contributed by atoms with E-state index in [9.17, 15) is 13.2 Å². The van der Waals surface area contributed by atoms with Crippen LogP contribution < -0.4 is 9.46 Å². The summed E-state index contributed by atoms with van der Waals surface area (Å²) < 4.78 is 33.6. The van der Waals surface area contributed by atoms with E-state index in [0.717, 1.165) is 5.75 Å². The first-order chi connectivity index (χ1) is 14.5. The van der Waals surface area contributed by atoms with Gasteiger partial charge in [-0.15, -0.1) is 11.3 Å². The summed E-state index contributed by atoms with van der Waals surface area (Å²) in [7, 11) is -3.49. The van der Waals surface area contributed by atoms with Crippen LogP contribution in [-0.2, 0) is 10.0 Å². The second kappa shape index (κ2) is 8.99. The Morgan fingerprint density at radius 2 is 1.60 bits per heavy atom. The van der Waals surface area contributed by atoms with Crippen molar-refractivity contribution >= 4 is 27.3 Å². The summed E-state index contributed by atoms with van der Waals surface area (Å²) >= 11 is 1.20. The zero-order valence-electron chi connectivity index (χ0n) is 16.2. The minimum absolute atomic E-state index is 0.0548. The average Bonchev–Trinajstić information content (AvgIpc) is 3.31. The lowest BCUT2D eigenvalue weighted by Crippen LogP contribution is -2.46. The number of carbonyl (C=O) groups excluding carboxylic acids is 1. The number of carbonyl (C=O) groups is 1. The van der Waals surface area contributed by atoms with E-state index in [1.807, 2.05) is 30.3 Å². The molecule has 0 spiro atoms. The van der Waals surface area contributed by atoms with E-state index < -0.39 is 10.0 Å². The largest absolute Gasteiger partial charge is 0.457 e. The van der Waals surface area contributed by atoms with Crippen LogP contribution in [0.2, 0.25) is 0 Å². The third-order valence-electron chi connectivity index (χ3n) is 4.94. The van der Waals surface area contributed by atoms with Crippen LogP contribution in [-0.4, -0.2) is 38.4 Å². The van der Waals surface area contributed by atoms with Crippen LogP contribution in [0.15, 0.2) is 76.3 Å². The van der Waals surface area contributed by atoms with Gasteiger partial charge in [0.05, 0.1) is 0 Å². The minimum Gasteiger partial charge on any atom is -0.457 e. The van der Waals surface area contributed by atoms with Crippen LogP contribution >= 0.6 is 11.3 Å². The third kappa shape index (κ3) is 4.89. The van der Waals surface area contributed by atoms with Gasteiger partial charge in [-0.25, -0.2) is 13.1 Å². The zero-order valence-corrected chi connectivity index (χ0v) is 17.9. The molecule has 156 valence electrons. The molecule has 8 heteroatoms. The van der Waals surface area contributed by atoms with Crippen molar-refractivity contribution in [1.82, 2.24) is 9.62 Å². The van der Waals surface area contributed by atoms with E-state index in [2.05, 4.69) is 4.72 Å². The summed E-state index contributed by atoms with van der Waals surface area (Å²) in [6, 6.07) is 19.7. The number of likely N-dealkylation sites (tertiary alicyclic amines) is 1. The maximum atomic E-state index is 12.8. The molecule has 1 aliphatic heterocycles. The molecule has 0 saturated carbocycles. The van der Waals surface area contributed by atoms with Gasteiger partial charge in [0.1, 0.15) is 15.7 Å². The van der Waals surface area contributed by atoms with Crippen LogP contribution in [0.1, 0.15) is 23.2 Å². The molecule has 0 atom stereocenters. The van der Waals surface area contributed by atoms with Gasteiger partial charge in [-0.1, -0.05) is 24.3 Å². The van der Waals surface area contributed by atoms with Gasteiger partial charge in [0.15, 0.2) is 0 Å². The summed E-state index contributed by atoms with van der Waals surface area (Å²) in [5.74, 6) is 1.35. The zero-order chi connectivity index (χ0) is 21.0. The fraction of sp³-hybridized carbons (Fsp3) is 0.227. The Hall–Kier alpha value is -2.68. The van der Waals surface area contributed by atoms with Crippen LogP contribution in [0, 0.1) is 0 Å². The molecule has 1 aromatic heterocycles. The number of piperidine rings is 1. The highest BCUT2D eigenvalue weighted by Gasteiger charge is 2.27. The Morgan fingerprint density at radius 3 is 2.23 bits per heavy atom. The van der Waals surface area contributed by atoms with Gasteiger partial charge in [-0.05, 0) is 60.7 Å². The van der Waals surface area contributed by atoms with Gasteiger partial charge in [0.2, 0.25) is 10.0 Å². The molecular formula is C22H22N2O4S2. The Balaban J connectivity index is 1.32. The molecule has 0 unspecified atom stereocenters. The van der Waals surface area contributed by atoms with E-state index in [1.54, 1.807) is 46.7 Å². The van der Waals surface area contributed by atoms with E-state index in [-0.39, 0.29) is 11.9 Å². The molecule has 1 saturated heterocycles. The molecule has 2 aromatic carbocycles. The number of para-hydroxylation sites is 1. The molecule has 4 rings (SSSR count). The van der Waals surface area contributed by atoms with Gasteiger partial charge in [-0.3, -0.25) is 4.79 Å². The maximum absolute atomic E-state index is 12.8. The summed E-state index contributed by atoms with van der Waals surface area (Å²) in [6.45, 7) is 1.03. The number of amides is 1. The molecule has 0 bridgehead atoms. The van der Waals surface area contributed by atoms with Crippen LogP contribution in [0.3, 0.4) is 0 Å². The number of hydrogen-bond donors (Lipinski definition) is 1. The number of thiophene rings is 1. The van der Waals surface area contributed by atoms with E-state index in [0.29, 0.717) is 41.5 Å². The smallest absolute Gasteiger partial charge is 0.253 e. The predicted molar refractivity (Wildman–Crippen MR) is 117 cm³/mol. The molecule has 2 heterocycles. The number of nitrogens with one attached hydrogen (secondary N) is 1. The number of hydrogen-bond acceptors (Lipinski definition) is 5. The number of sulfonamides is 1. The molecule has 1 aliphatic rings. The molecule has 1 N–H and O–H groups in total. The van der Waals surface area contributed by atoms with Crippen LogP contribution in [0.25, 0.3) is 0 Å². The fourth-order valence-electron chi connectivity index (χ4n) is 3.37. The van der Waals surface area contributed by atoms with Crippen molar-refractivity contribution < 1.29 is 17.9 Å². The molecule has 1 amide bonds. The summed E-state index contributed by atoms with van der Waals surface area (Å²) in [6.07, 6.45) is 1.18. The highest BCUT2D eigenvalue weighted by atomic mass is 32.2. The first-order valence-corrected chi connectivity index (χ1v) is 12.1. The second-order valence-electron chi connectivity index (χ2n) is 7.06. The molecule has 1 fully saturated rings. The van der Waals surface area contributed by atoms with Crippen molar-refractivity contribution in [3.63, 3.8) is 0 Å². The van der Waals surface area contributed by atoms with Crippen LogP contribution in [0.5, 0.6) is 11.5 Å². The van der Waals surface area contributed by atoms with Gasteiger partial charge in [-0.2, -0.15) is 0 Å². The first-order valence-electron chi connectivity index (χ1n) is 9.69. The molecule has 0 aliphatic carbocycles. The average molecular weight is 443 g/mol. The standard InChI is InChI=1S/C22H22N2O4S2/c25-22(17-8-10-20(11-9-17)28-19-5-2-1-3-6-19)24-14-12-18(13-15-24)23-30(26,27)21-7-4-16-29-21/h1-11,16,18,23H,12-15H2. The van der Waals surface area contributed by atoms with Crippen LogP contribution in [0.4, 0.5) is 0 Å². The summed E-state index contributed by atoms with van der Waals surface area (Å²) in [5.41, 5.74) is 0.591. The highest BCUT2D eigenvalue weighted by Crippen LogP contribution is 2.23. The fourth-order valence-corrected chi connectivity index (χ4v) is 5.68. The first kappa shape index (κ1) is 20.6. The lowest BCUT2D eigenvalue weighted by molar-refractivity contribution is 0.0711. The molecule has 30 heavy (non-hydrogen) atoms. The lowest BCUT2D eigenvalue weighted by atomic mass is 10.0. The van der Waals surface area contributed by atoms with Gasteiger partial charge in [0, 0.05) is 24.7 Å². The van der Waals surface area contributed by atoms with Crippen molar-refractivity contribution in [3.05, 3.63) is 77.7 Å². The predicted octanol–water partition coefficient (Wildman–Crippen LogP) is 4.12. The summed E-state index contributed by atoms with van der Waals surface area (Å²) in [4.78, 5) is 14.6. The third-order valence-corrected chi connectivity index (χ3v) is 7.86. The van der Waals surface area contributed by atoms with E-state index in [4.69, 9.17) is 4.74 Å². The van der Waals surface area contributed by atoms with Crippen molar-refractivity contribution in [1.29, 1.82) is 0 Å². The Bertz CT molecular complexity index is 1070. The Morgan fingerprint density at radius 1 is 0.933 bits per heavy atom. The van der Waals surface area contributed by atoms with Gasteiger partial charge in [0.25, 0.3) is 5.91 Å². The molecule has 0 radical (unpaired) electrons. The monoisotopic (exact) mass is 442 g/mol. The summed E-state index contributed by atoms with van der Waals surface area (Å²) in [5, 5.41) is 1.74. The Labute approximate surface area is 180 Å². The number of benzene rings is 2. The van der Waals surface area contributed by atoms with Crippen molar-refractivity contribution in [2.24, 2.45) is 0 Å². The van der Waals surface area contributed by atoms with Crippen molar-refractivity contribution in [2.75, 3.05) is 13.1 Å². The second-order valence-corrected chi connectivity index (χ2v) is 9.95. The SMILES string of the molecule is O=C(c1ccc(Oc2ccccc2)cc1)N1CCC(NS(=O)(=O)c2cccs2)CC1. The minimum atomic E-state index is -3.49.